The van der Waals surface area contributed by atoms with Crippen molar-refractivity contribution in [2.24, 2.45) is 0 Å². The Hall–Kier alpha value is -4.21. The number of esters is 1. The van der Waals surface area contributed by atoms with Crippen molar-refractivity contribution >= 4 is 50.7 Å². The average molecular weight is 541 g/mol. The quantitative estimate of drug-likeness (QED) is 0.246. The van der Waals surface area contributed by atoms with Crippen LogP contribution in [0.4, 0.5) is 0 Å². The zero-order valence-electron chi connectivity index (χ0n) is 22.7. The van der Waals surface area contributed by atoms with Crippen molar-refractivity contribution in [2.45, 2.75) is 31.9 Å². The zero-order valence-corrected chi connectivity index (χ0v) is 22.7. The normalized spacial score (nSPS) is 17.5. The molecule has 1 fully saturated rings. The van der Waals surface area contributed by atoms with Gasteiger partial charge in [-0.2, -0.15) is 0 Å². The average Bonchev–Trinajstić information content (AvgIpc) is 3.73. The topological polar surface area (TPSA) is 106 Å². The van der Waals surface area contributed by atoms with E-state index in [0.717, 1.165) is 43.3 Å². The fraction of sp³-hybridized carbons (Fsp3) is 0.323. The molecule has 0 saturated carbocycles. The van der Waals surface area contributed by atoms with Crippen molar-refractivity contribution in [1.82, 2.24) is 19.8 Å². The number of hydrogen-bond acceptors (Lipinski definition) is 6. The van der Waals surface area contributed by atoms with Crippen LogP contribution in [0.1, 0.15) is 40.7 Å². The molecule has 40 heavy (non-hydrogen) atoms. The van der Waals surface area contributed by atoms with Crippen LogP contribution in [0.2, 0.25) is 0 Å². The number of hydrogen-bond donors (Lipinski definition) is 2. The Labute approximate surface area is 231 Å². The number of carbonyl (C=O) groups is 3. The maximum absolute atomic E-state index is 13.3. The molecule has 0 radical (unpaired) electrons. The lowest BCUT2D eigenvalue weighted by Crippen LogP contribution is -2.22. The van der Waals surface area contributed by atoms with Crippen LogP contribution >= 0.6 is 0 Å². The Morgan fingerprint density at radius 1 is 1.05 bits per heavy atom. The molecule has 9 nitrogen and oxygen atoms in total. The van der Waals surface area contributed by atoms with E-state index in [2.05, 4.69) is 19.8 Å². The first-order valence-corrected chi connectivity index (χ1v) is 13.6. The van der Waals surface area contributed by atoms with Gasteiger partial charge in [0.05, 0.1) is 28.3 Å². The molecule has 206 valence electrons. The lowest BCUT2D eigenvalue weighted by molar-refractivity contribution is -0.122. The van der Waals surface area contributed by atoms with Gasteiger partial charge in [0.25, 0.3) is 11.8 Å². The number of amides is 2. The number of nitrogens with one attached hydrogen (secondary N) is 2. The highest BCUT2D eigenvalue weighted by Gasteiger charge is 2.35. The number of imide groups is 1. The molecule has 0 aliphatic carbocycles. The molecule has 6 rings (SSSR count). The Balaban J connectivity index is 1.41. The minimum atomic E-state index is -0.462. The molecule has 4 heterocycles. The molecule has 0 bridgehead atoms. The number of carbonyl (C=O) groups excluding carboxylic acids is 3. The number of para-hydroxylation sites is 2. The second-order valence-electron chi connectivity index (χ2n) is 10.6. The van der Waals surface area contributed by atoms with E-state index in [9.17, 15) is 14.4 Å². The summed E-state index contributed by atoms with van der Waals surface area (Å²) in [6, 6.07) is 13.2. The second-order valence-corrected chi connectivity index (χ2v) is 10.6. The van der Waals surface area contributed by atoms with Crippen LogP contribution in [0.5, 0.6) is 0 Å². The van der Waals surface area contributed by atoms with Crippen molar-refractivity contribution in [2.75, 3.05) is 33.9 Å². The van der Waals surface area contributed by atoms with Crippen LogP contribution in [-0.2, 0) is 25.6 Å². The maximum atomic E-state index is 13.3. The SMILES string of the molecule is CN(C)CCCn1cc(C2=C(c3c[nH]c4c(C(=O)OCC5CCCO5)cccc34)C(=O)NC2=O)c2ccccc21. The highest BCUT2D eigenvalue weighted by atomic mass is 16.6. The number of aromatic nitrogens is 2. The van der Waals surface area contributed by atoms with Crippen LogP contribution in [0.15, 0.2) is 54.9 Å². The molecule has 9 heteroatoms. The predicted octanol–water partition coefficient (Wildman–Crippen LogP) is 3.98. The highest BCUT2D eigenvalue weighted by molar-refractivity contribution is 6.50. The third-order valence-electron chi connectivity index (χ3n) is 7.62. The fourth-order valence-electron chi connectivity index (χ4n) is 5.71. The molecule has 2 aliphatic rings. The van der Waals surface area contributed by atoms with Crippen LogP contribution in [-0.4, -0.2) is 72.2 Å². The van der Waals surface area contributed by atoms with E-state index < -0.39 is 17.8 Å². The molecular weight excluding hydrogens is 508 g/mol. The first-order valence-electron chi connectivity index (χ1n) is 13.6. The first kappa shape index (κ1) is 26.0. The standard InChI is InChI=1S/C31H32N4O5/c1-34(2)13-7-14-35-17-24(20-9-3-4-12-25(20)35)27-26(29(36)33-30(27)37)23-16-32-28-21(23)10-5-11-22(28)31(38)40-18-19-8-6-15-39-19/h3-5,9-12,16-17,19,32H,6-8,13-15,18H2,1-2H3,(H,33,36,37). The van der Waals surface area contributed by atoms with Gasteiger partial charge in [0, 0.05) is 53.0 Å². The number of H-pyrrole nitrogens is 1. The third kappa shape index (κ3) is 4.71. The van der Waals surface area contributed by atoms with E-state index in [-0.39, 0.29) is 18.3 Å². The Kier molecular flexibility index (Phi) is 7.00. The number of aryl methyl sites for hydroxylation is 1. The van der Waals surface area contributed by atoms with Gasteiger partial charge in [-0.1, -0.05) is 30.3 Å². The van der Waals surface area contributed by atoms with Crippen molar-refractivity contribution < 1.29 is 23.9 Å². The summed E-state index contributed by atoms with van der Waals surface area (Å²) in [5.74, 6) is -1.36. The lowest BCUT2D eigenvalue weighted by atomic mass is 9.95. The van der Waals surface area contributed by atoms with E-state index in [0.29, 0.717) is 39.8 Å². The zero-order chi connectivity index (χ0) is 27.8. The second kappa shape index (κ2) is 10.7. The van der Waals surface area contributed by atoms with Crippen molar-refractivity contribution in [1.29, 1.82) is 0 Å². The lowest BCUT2D eigenvalue weighted by Gasteiger charge is -2.10. The summed E-state index contributed by atoms with van der Waals surface area (Å²) < 4.78 is 13.3. The molecule has 1 unspecified atom stereocenters. The van der Waals surface area contributed by atoms with Gasteiger partial charge in [0.2, 0.25) is 0 Å². The summed E-state index contributed by atoms with van der Waals surface area (Å²) in [6.45, 7) is 2.60. The molecule has 1 atom stereocenters. The summed E-state index contributed by atoms with van der Waals surface area (Å²) in [7, 11) is 4.09. The fourth-order valence-corrected chi connectivity index (χ4v) is 5.71. The number of rotatable bonds is 9. The Morgan fingerprint density at radius 3 is 2.60 bits per heavy atom. The van der Waals surface area contributed by atoms with Crippen molar-refractivity contribution in [3.63, 3.8) is 0 Å². The molecule has 2 N–H and O–H groups in total. The van der Waals surface area contributed by atoms with Crippen LogP contribution in [0.25, 0.3) is 33.0 Å². The highest BCUT2D eigenvalue weighted by Crippen LogP contribution is 2.39. The molecule has 2 aliphatic heterocycles. The van der Waals surface area contributed by atoms with Crippen LogP contribution < -0.4 is 5.32 Å². The number of nitrogens with zero attached hydrogens (tertiary/aromatic N) is 2. The van der Waals surface area contributed by atoms with Gasteiger partial charge in [0.15, 0.2) is 0 Å². The molecule has 4 aromatic rings. The maximum Gasteiger partial charge on any atom is 0.340 e. The summed E-state index contributed by atoms with van der Waals surface area (Å²) in [5, 5.41) is 4.07. The number of fused-ring (bicyclic) bond motifs is 2. The Bertz CT molecular complexity index is 1650. The summed E-state index contributed by atoms with van der Waals surface area (Å²) in [5.41, 5.74) is 3.82. The molecule has 2 aromatic carbocycles. The largest absolute Gasteiger partial charge is 0.459 e. The van der Waals surface area contributed by atoms with Gasteiger partial charge in [-0.25, -0.2) is 4.79 Å². The van der Waals surface area contributed by atoms with Gasteiger partial charge in [0.1, 0.15) is 6.61 Å². The summed E-state index contributed by atoms with van der Waals surface area (Å²) in [6.07, 6.45) is 6.35. The predicted molar refractivity (Wildman–Crippen MR) is 153 cm³/mol. The summed E-state index contributed by atoms with van der Waals surface area (Å²) >= 11 is 0. The Morgan fingerprint density at radius 2 is 1.82 bits per heavy atom. The molecule has 2 amide bonds. The molecule has 2 aromatic heterocycles. The summed E-state index contributed by atoms with van der Waals surface area (Å²) in [4.78, 5) is 44.8. The molecule has 1 saturated heterocycles. The van der Waals surface area contributed by atoms with Gasteiger partial charge in [-0.3, -0.25) is 14.9 Å². The van der Waals surface area contributed by atoms with Gasteiger partial charge < -0.3 is 23.9 Å². The van der Waals surface area contributed by atoms with Gasteiger partial charge in [-0.15, -0.1) is 0 Å². The van der Waals surface area contributed by atoms with E-state index in [4.69, 9.17) is 9.47 Å². The van der Waals surface area contributed by atoms with Gasteiger partial charge >= 0.3 is 5.97 Å². The smallest absolute Gasteiger partial charge is 0.340 e. The van der Waals surface area contributed by atoms with Crippen molar-refractivity contribution in [3.8, 4) is 0 Å². The van der Waals surface area contributed by atoms with Crippen LogP contribution in [0.3, 0.4) is 0 Å². The van der Waals surface area contributed by atoms with E-state index in [1.807, 2.05) is 50.6 Å². The van der Waals surface area contributed by atoms with Crippen LogP contribution in [0, 0.1) is 0 Å². The van der Waals surface area contributed by atoms with E-state index in [1.54, 1.807) is 18.3 Å². The molecule has 0 spiro atoms. The number of ether oxygens (including phenoxy) is 2. The molecular formula is C31H32N4O5. The van der Waals surface area contributed by atoms with E-state index >= 15 is 0 Å². The third-order valence-corrected chi connectivity index (χ3v) is 7.62. The first-order chi connectivity index (χ1) is 19.4. The van der Waals surface area contributed by atoms with E-state index in [1.165, 1.54) is 0 Å². The minimum absolute atomic E-state index is 0.0757. The van der Waals surface area contributed by atoms with Crippen molar-refractivity contribution in [3.05, 3.63) is 71.5 Å². The van der Waals surface area contributed by atoms with Gasteiger partial charge in [-0.05, 0) is 52.0 Å². The number of aromatic amines is 1. The monoisotopic (exact) mass is 540 g/mol. The minimum Gasteiger partial charge on any atom is -0.459 e. The number of benzene rings is 2.